The van der Waals surface area contributed by atoms with E-state index in [4.69, 9.17) is 21.1 Å². The van der Waals surface area contributed by atoms with Crippen LogP contribution in [-0.2, 0) is 0 Å². The molecule has 0 bridgehead atoms. The third-order valence-electron chi connectivity index (χ3n) is 3.06. The largest absolute Gasteiger partial charge is 0.493 e. The molecule has 0 atom stereocenters. The smallest absolute Gasteiger partial charge is 0.315 e. The van der Waals surface area contributed by atoms with E-state index in [9.17, 15) is 10.1 Å². The molecule has 0 aliphatic carbocycles. The zero-order valence-corrected chi connectivity index (χ0v) is 14.8. The number of nitro groups is 1. The van der Waals surface area contributed by atoms with E-state index in [1.54, 1.807) is 44.2 Å². The Morgan fingerprint density at radius 2 is 2.08 bits per heavy atom. The Balaban J connectivity index is 2.30. The number of nitrogens with one attached hydrogen (secondary N) is 1. The van der Waals surface area contributed by atoms with E-state index in [1.807, 2.05) is 0 Å². The maximum absolute atomic E-state index is 11.4. The molecule has 2 rings (SSSR count). The van der Waals surface area contributed by atoms with Gasteiger partial charge in [-0.05, 0) is 38.1 Å². The van der Waals surface area contributed by atoms with Gasteiger partial charge in [0.15, 0.2) is 5.75 Å². The molecule has 132 valence electrons. The number of nitrogens with zero attached hydrogens (tertiary/aromatic N) is 2. The Morgan fingerprint density at radius 1 is 1.32 bits per heavy atom. The Kier molecular flexibility index (Phi) is 6.19. The van der Waals surface area contributed by atoms with Gasteiger partial charge in [-0.25, -0.2) is 0 Å². The van der Waals surface area contributed by atoms with Crippen molar-refractivity contribution in [3.8, 4) is 11.5 Å². The van der Waals surface area contributed by atoms with Crippen molar-refractivity contribution in [2.24, 2.45) is 5.10 Å². The summed E-state index contributed by atoms with van der Waals surface area (Å²) in [7, 11) is 1.43. The number of hydrogen-bond acceptors (Lipinski definition) is 6. The first-order chi connectivity index (χ1) is 11.9. The summed E-state index contributed by atoms with van der Waals surface area (Å²) < 4.78 is 10.8. The number of halogens is 1. The molecule has 7 nitrogen and oxygen atoms in total. The first-order valence-corrected chi connectivity index (χ1v) is 7.86. The summed E-state index contributed by atoms with van der Waals surface area (Å²) in [6.07, 6.45) is 1.23. The quantitative estimate of drug-likeness (QED) is 0.445. The molecule has 0 heterocycles. The zero-order valence-electron chi connectivity index (χ0n) is 14.0. The minimum atomic E-state index is -0.512. The minimum Gasteiger partial charge on any atom is -0.493 e. The van der Waals surface area contributed by atoms with Gasteiger partial charge in [-0.1, -0.05) is 17.7 Å². The summed E-state index contributed by atoms with van der Waals surface area (Å²) in [6.45, 7) is 3.57. The molecule has 1 N–H and O–H groups in total. The SMILES string of the molecule is COc1cc(C=NNc2cccc(Cl)c2)cc([N+](=O)[O-])c1OC(C)C. The second kappa shape index (κ2) is 8.34. The van der Waals surface area contributed by atoms with Crippen molar-refractivity contribution in [1.29, 1.82) is 0 Å². The van der Waals surface area contributed by atoms with Crippen molar-refractivity contribution in [2.75, 3.05) is 12.5 Å². The molecule has 0 fully saturated rings. The highest BCUT2D eigenvalue weighted by atomic mass is 35.5. The number of benzene rings is 2. The number of hydrazone groups is 1. The lowest BCUT2D eigenvalue weighted by Gasteiger charge is -2.14. The lowest BCUT2D eigenvalue weighted by molar-refractivity contribution is -0.386. The average Bonchev–Trinajstić information content (AvgIpc) is 2.55. The van der Waals surface area contributed by atoms with Gasteiger partial charge >= 0.3 is 5.69 Å². The van der Waals surface area contributed by atoms with Gasteiger partial charge in [0.05, 0.1) is 30.0 Å². The second-order valence-electron chi connectivity index (χ2n) is 5.38. The topological polar surface area (TPSA) is 86.0 Å². The fourth-order valence-electron chi connectivity index (χ4n) is 2.06. The van der Waals surface area contributed by atoms with Gasteiger partial charge in [0.25, 0.3) is 0 Å². The summed E-state index contributed by atoms with van der Waals surface area (Å²) in [5.74, 6) is 0.370. The molecule has 0 radical (unpaired) electrons. The van der Waals surface area contributed by atoms with Crippen LogP contribution in [0.5, 0.6) is 11.5 Å². The summed E-state index contributed by atoms with van der Waals surface area (Å²) in [4.78, 5) is 10.8. The van der Waals surface area contributed by atoms with E-state index in [0.717, 1.165) is 0 Å². The summed E-state index contributed by atoms with van der Waals surface area (Å²) in [6, 6.07) is 10.0. The third kappa shape index (κ3) is 5.09. The molecule has 0 spiro atoms. The average molecular weight is 364 g/mol. The Bertz CT molecular complexity index is 793. The van der Waals surface area contributed by atoms with E-state index < -0.39 is 4.92 Å². The number of ether oxygens (including phenoxy) is 2. The highest BCUT2D eigenvalue weighted by Crippen LogP contribution is 2.38. The van der Waals surface area contributed by atoms with Crippen molar-refractivity contribution in [2.45, 2.75) is 20.0 Å². The molecule has 2 aromatic carbocycles. The number of rotatable bonds is 7. The van der Waals surface area contributed by atoms with Crippen LogP contribution in [-0.4, -0.2) is 24.4 Å². The maximum atomic E-state index is 11.4. The van der Waals surface area contributed by atoms with Gasteiger partial charge < -0.3 is 9.47 Å². The van der Waals surface area contributed by atoms with Crippen LogP contribution in [0.25, 0.3) is 0 Å². The predicted octanol–water partition coefficient (Wildman–Crippen LogP) is 4.49. The van der Waals surface area contributed by atoms with E-state index >= 15 is 0 Å². The lowest BCUT2D eigenvalue weighted by atomic mass is 10.2. The second-order valence-corrected chi connectivity index (χ2v) is 5.81. The van der Waals surface area contributed by atoms with Crippen LogP contribution in [0.1, 0.15) is 19.4 Å². The minimum absolute atomic E-state index is 0.0995. The van der Waals surface area contributed by atoms with Gasteiger partial charge in [-0.15, -0.1) is 0 Å². The first-order valence-electron chi connectivity index (χ1n) is 7.48. The van der Waals surface area contributed by atoms with Crippen LogP contribution in [0, 0.1) is 10.1 Å². The molecule has 0 saturated carbocycles. The Labute approximate surface area is 150 Å². The molecule has 0 aromatic heterocycles. The van der Waals surface area contributed by atoms with E-state index in [1.165, 1.54) is 19.4 Å². The molecule has 0 saturated heterocycles. The van der Waals surface area contributed by atoms with Crippen LogP contribution in [0.15, 0.2) is 41.5 Å². The van der Waals surface area contributed by atoms with Crippen LogP contribution in [0.3, 0.4) is 0 Å². The monoisotopic (exact) mass is 363 g/mol. The van der Waals surface area contributed by atoms with E-state index in [0.29, 0.717) is 16.3 Å². The summed E-state index contributed by atoms with van der Waals surface area (Å²) in [5, 5.41) is 16.0. The summed E-state index contributed by atoms with van der Waals surface area (Å²) in [5.41, 5.74) is 3.82. The molecule has 8 heteroatoms. The lowest BCUT2D eigenvalue weighted by Crippen LogP contribution is -2.09. The highest BCUT2D eigenvalue weighted by Gasteiger charge is 2.22. The normalized spacial score (nSPS) is 10.9. The van der Waals surface area contributed by atoms with Crippen molar-refractivity contribution >= 4 is 29.2 Å². The zero-order chi connectivity index (χ0) is 18.4. The van der Waals surface area contributed by atoms with Crippen molar-refractivity contribution in [3.05, 3.63) is 57.1 Å². The van der Waals surface area contributed by atoms with E-state index in [-0.39, 0.29) is 23.3 Å². The van der Waals surface area contributed by atoms with Crippen LogP contribution < -0.4 is 14.9 Å². The summed E-state index contributed by atoms with van der Waals surface area (Å²) >= 11 is 5.90. The maximum Gasteiger partial charge on any atom is 0.315 e. The van der Waals surface area contributed by atoms with Crippen molar-refractivity contribution < 1.29 is 14.4 Å². The fourth-order valence-corrected chi connectivity index (χ4v) is 2.25. The predicted molar refractivity (Wildman–Crippen MR) is 98.1 cm³/mol. The molecule has 0 aliphatic rings. The number of methoxy groups -OCH3 is 1. The van der Waals surface area contributed by atoms with Gasteiger partial charge in [0.2, 0.25) is 5.75 Å². The Morgan fingerprint density at radius 3 is 2.68 bits per heavy atom. The third-order valence-corrected chi connectivity index (χ3v) is 3.29. The molecular weight excluding hydrogens is 346 g/mol. The van der Waals surface area contributed by atoms with Gasteiger partial charge in [0, 0.05) is 16.7 Å². The molecular formula is C17H18ClN3O4. The molecule has 25 heavy (non-hydrogen) atoms. The van der Waals surface area contributed by atoms with Crippen LogP contribution in [0.2, 0.25) is 5.02 Å². The van der Waals surface area contributed by atoms with Crippen molar-refractivity contribution in [3.63, 3.8) is 0 Å². The molecule has 0 amide bonds. The highest BCUT2D eigenvalue weighted by molar-refractivity contribution is 6.30. The number of nitro benzene ring substituents is 1. The fraction of sp³-hybridized carbons (Fsp3) is 0.235. The molecule has 0 unspecified atom stereocenters. The number of anilines is 1. The number of hydrogen-bond donors (Lipinski definition) is 1. The molecule has 2 aromatic rings. The van der Waals surface area contributed by atoms with E-state index in [2.05, 4.69) is 10.5 Å². The van der Waals surface area contributed by atoms with Crippen molar-refractivity contribution in [1.82, 2.24) is 0 Å². The Hall–Kier alpha value is -2.80. The first kappa shape index (κ1) is 18.5. The van der Waals surface area contributed by atoms with Crippen LogP contribution in [0.4, 0.5) is 11.4 Å². The van der Waals surface area contributed by atoms with Crippen LogP contribution >= 0.6 is 11.6 Å². The van der Waals surface area contributed by atoms with Gasteiger partial charge in [0.1, 0.15) is 0 Å². The molecule has 0 aliphatic heterocycles. The van der Waals surface area contributed by atoms with Gasteiger partial charge in [-0.3, -0.25) is 15.5 Å². The van der Waals surface area contributed by atoms with Gasteiger partial charge in [-0.2, -0.15) is 5.10 Å². The standard InChI is InChI=1S/C17H18ClN3O4/c1-11(2)25-17-15(21(22)23)7-12(8-16(17)24-3)10-19-20-14-6-4-5-13(18)9-14/h4-11,20H,1-3H3.